The molecule has 29 heavy (non-hydrogen) atoms. The maximum Gasteiger partial charge on any atom is 0.260 e. The lowest BCUT2D eigenvalue weighted by Crippen LogP contribution is -2.49. The number of carbonyl (C=O) groups is 1. The van der Waals surface area contributed by atoms with Crippen LogP contribution in [0.25, 0.3) is 0 Å². The fraction of sp³-hybridized carbons (Fsp3) is 0.708. The minimum absolute atomic E-state index is 0.00747. The molecule has 0 saturated carbocycles. The molecule has 0 radical (unpaired) electrons. The van der Waals surface area contributed by atoms with Crippen LogP contribution < -0.4 is 4.74 Å². The quantitative estimate of drug-likeness (QED) is 0.753. The molecule has 1 amide bonds. The van der Waals surface area contributed by atoms with E-state index in [1.807, 2.05) is 23.1 Å². The SMILES string of the molecule is CC1CN(CC2CCN(C(=O)COc3ccccc3C(C)(C)C)CC2)CC(C)O1. The molecule has 0 bridgehead atoms. The van der Waals surface area contributed by atoms with Crippen LogP contribution in [0.1, 0.15) is 53.0 Å². The third-order valence-corrected chi connectivity index (χ3v) is 6.03. The summed E-state index contributed by atoms with van der Waals surface area (Å²) in [6, 6.07) is 8.03. The molecule has 2 unspecified atom stereocenters. The monoisotopic (exact) mass is 402 g/mol. The van der Waals surface area contributed by atoms with E-state index in [0.717, 1.165) is 56.9 Å². The second kappa shape index (κ2) is 9.48. The summed E-state index contributed by atoms with van der Waals surface area (Å²) in [5.74, 6) is 1.58. The predicted octanol–water partition coefficient (Wildman–Crippen LogP) is 3.71. The second-order valence-electron chi connectivity index (χ2n) is 9.83. The van der Waals surface area contributed by atoms with Gasteiger partial charge >= 0.3 is 0 Å². The molecule has 2 aliphatic rings. The first-order chi connectivity index (χ1) is 13.7. The van der Waals surface area contributed by atoms with Crippen LogP contribution in [0.2, 0.25) is 0 Å². The van der Waals surface area contributed by atoms with Gasteiger partial charge in [-0.25, -0.2) is 0 Å². The van der Waals surface area contributed by atoms with Crippen molar-refractivity contribution >= 4 is 5.91 Å². The number of amides is 1. The van der Waals surface area contributed by atoms with Crippen molar-refractivity contribution in [3.8, 4) is 5.75 Å². The lowest BCUT2D eigenvalue weighted by molar-refractivity contribution is -0.135. The van der Waals surface area contributed by atoms with Crippen molar-refractivity contribution in [1.29, 1.82) is 0 Å². The molecular weight excluding hydrogens is 364 g/mol. The van der Waals surface area contributed by atoms with Gasteiger partial charge in [0, 0.05) is 32.7 Å². The molecule has 0 aromatic heterocycles. The van der Waals surface area contributed by atoms with E-state index >= 15 is 0 Å². The molecule has 2 fully saturated rings. The molecule has 5 heteroatoms. The van der Waals surface area contributed by atoms with Crippen LogP contribution in [0.4, 0.5) is 0 Å². The van der Waals surface area contributed by atoms with Gasteiger partial charge in [0.1, 0.15) is 5.75 Å². The summed E-state index contributed by atoms with van der Waals surface area (Å²) in [5.41, 5.74) is 1.13. The van der Waals surface area contributed by atoms with Crippen LogP contribution in [-0.4, -0.2) is 67.2 Å². The second-order valence-corrected chi connectivity index (χ2v) is 9.83. The number of hydrogen-bond donors (Lipinski definition) is 0. The van der Waals surface area contributed by atoms with Crippen molar-refractivity contribution < 1.29 is 14.3 Å². The van der Waals surface area contributed by atoms with Gasteiger partial charge in [0.25, 0.3) is 5.91 Å². The van der Waals surface area contributed by atoms with Gasteiger partial charge in [0.15, 0.2) is 6.61 Å². The van der Waals surface area contributed by atoms with Crippen molar-refractivity contribution in [3.63, 3.8) is 0 Å². The summed E-state index contributed by atoms with van der Waals surface area (Å²) in [6.45, 7) is 15.8. The highest BCUT2D eigenvalue weighted by Crippen LogP contribution is 2.31. The van der Waals surface area contributed by atoms with Gasteiger partial charge in [0.05, 0.1) is 12.2 Å². The first-order valence-electron chi connectivity index (χ1n) is 11.1. The Balaban J connectivity index is 1.45. The summed E-state index contributed by atoms with van der Waals surface area (Å²) in [6.07, 6.45) is 2.77. The lowest BCUT2D eigenvalue weighted by Gasteiger charge is -2.39. The van der Waals surface area contributed by atoms with Gasteiger partial charge in [-0.15, -0.1) is 0 Å². The Kier molecular flexibility index (Phi) is 7.23. The van der Waals surface area contributed by atoms with E-state index in [1.54, 1.807) is 0 Å². The maximum absolute atomic E-state index is 12.7. The van der Waals surface area contributed by atoms with Crippen LogP contribution in [-0.2, 0) is 14.9 Å². The zero-order chi connectivity index (χ0) is 21.0. The van der Waals surface area contributed by atoms with Crippen LogP contribution in [0.15, 0.2) is 24.3 Å². The molecule has 2 atom stereocenters. The number of hydrogen-bond acceptors (Lipinski definition) is 4. The van der Waals surface area contributed by atoms with Crippen molar-refractivity contribution in [2.45, 2.75) is 65.1 Å². The number of ether oxygens (including phenoxy) is 2. The fourth-order valence-electron chi connectivity index (χ4n) is 4.61. The predicted molar refractivity (Wildman–Crippen MR) is 116 cm³/mol. The van der Waals surface area contributed by atoms with Crippen LogP contribution in [0.3, 0.4) is 0 Å². The molecule has 3 rings (SSSR count). The summed E-state index contributed by atoms with van der Waals surface area (Å²) < 4.78 is 11.8. The van der Waals surface area contributed by atoms with Crippen molar-refractivity contribution in [2.24, 2.45) is 5.92 Å². The van der Waals surface area contributed by atoms with E-state index in [2.05, 4.69) is 45.6 Å². The fourth-order valence-corrected chi connectivity index (χ4v) is 4.61. The third kappa shape index (κ3) is 6.19. The van der Waals surface area contributed by atoms with E-state index < -0.39 is 0 Å². The average Bonchev–Trinajstić information content (AvgIpc) is 2.65. The topological polar surface area (TPSA) is 42.0 Å². The van der Waals surface area contributed by atoms with Crippen LogP contribution in [0.5, 0.6) is 5.75 Å². The zero-order valence-electron chi connectivity index (χ0n) is 18.8. The molecule has 0 N–H and O–H groups in total. The number of benzene rings is 1. The molecule has 162 valence electrons. The summed E-state index contributed by atoms with van der Waals surface area (Å²) in [4.78, 5) is 17.2. The maximum atomic E-state index is 12.7. The molecule has 0 aliphatic carbocycles. The molecule has 5 nitrogen and oxygen atoms in total. The lowest BCUT2D eigenvalue weighted by atomic mass is 9.86. The minimum Gasteiger partial charge on any atom is -0.483 e. The number of rotatable bonds is 5. The van der Waals surface area contributed by atoms with Gasteiger partial charge in [-0.1, -0.05) is 39.0 Å². The van der Waals surface area contributed by atoms with E-state index in [4.69, 9.17) is 9.47 Å². The highest BCUT2D eigenvalue weighted by atomic mass is 16.5. The summed E-state index contributed by atoms with van der Waals surface area (Å²) in [5, 5.41) is 0. The number of para-hydroxylation sites is 1. The van der Waals surface area contributed by atoms with Gasteiger partial charge in [0.2, 0.25) is 0 Å². The number of piperidine rings is 1. The van der Waals surface area contributed by atoms with Gasteiger partial charge in [-0.2, -0.15) is 0 Å². The largest absolute Gasteiger partial charge is 0.483 e. The van der Waals surface area contributed by atoms with E-state index in [-0.39, 0.29) is 17.9 Å². The van der Waals surface area contributed by atoms with E-state index in [0.29, 0.717) is 18.1 Å². The van der Waals surface area contributed by atoms with Gasteiger partial charge in [-0.05, 0) is 49.7 Å². The average molecular weight is 403 g/mol. The van der Waals surface area contributed by atoms with Crippen molar-refractivity contribution in [1.82, 2.24) is 9.80 Å². The Morgan fingerprint density at radius 3 is 2.34 bits per heavy atom. The first kappa shape index (κ1) is 22.1. The molecule has 1 aromatic carbocycles. The molecular formula is C24H38N2O3. The summed E-state index contributed by atoms with van der Waals surface area (Å²) >= 11 is 0. The third-order valence-electron chi connectivity index (χ3n) is 6.03. The number of morpholine rings is 1. The first-order valence-corrected chi connectivity index (χ1v) is 11.1. The highest BCUT2D eigenvalue weighted by Gasteiger charge is 2.28. The number of nitrogens with zero attached hydrogens (tertiary/aromatic N) is 2. The Bertz CT molecular complexity index is 667. The highest BCUT2D eigenvalue weighted by molar-refractivity contribution is 5.77. The van der Waals surface area contributed by atoms with Crippen LogP contribution >= 0.6 is 0 Å². The minimum atomic E-state index is -0.00747. The van der Waals surface area contributed by atoms with Crippen molar-refractivity contribution in [2.75, 3.05) is 39.3 Å². The molecule has 1 aromatic rings. The molecule has 0 spiro atoms. The Morgan fingerprint density at radius 1 is 1.10 bits per heavy atom. The number of likely N-dealkylation sites (tertiary alicyclic amines) is 1. The molecule has 2 saturated heterocycles. The molecule has 2 heterocycles. The standard InChI is InChI=1S/C24H38N2O3/c1-18-14-25(15-19(2)29-18)16-20-10-12-26(13-11-20)23(27)17-28-22-9-7-6-8-21(22)24(3,4)5/h6-9,18-20H,10-17H2,1-5H3. The normalized spacial score (nSPS) is 24.5. The van der Waals surface area contributed by atoms with Gasteiger partial charge < -0.3 is 14.4 Å². The molecule has 2 aliphatic heterocycles. The van der Waals surface area contributed by atoms with Crippen LogP contribution in [0, 0.1) is 5.92 Å². The van der Waals surface area contributed by atoms with Gasteiger partial charge in [-0.3, -0.25) is 9.69 Å². The van der Waals surface area contributed by atoms with E-state index in [1.165, 1.54) is 0 Å². The number of carbonyl (C=O) groups excluding carboxylic acids is 1. The summed E-state index contributed by atoms with van der Waals surface area (Å²) in [7, 11) is 0. The Morgan fingerprint density at radius 2 is 1.72 bits per heavy atom. The van der Waals surface area contributed by atoms with E-state index in [9.17, 15) is 4.79 Å². The smallest absolute Gasteiger partial charge is 0.260 e. The zero-order valence-corrected chi connectivity index (χ0v) is 18.8. The Hall–Kier alpha value is -1.59. The van der Waals surface area contributed by atoms with Crippen molar-refractivity contribution in [3.05, 3.63) is 29.8 Å². The Labute approximate surface area is 176 Å².